The van der Waals surface area contributed by atoms with E-state index in [1.54, 1.807) is 48.5 Å². The molecule has 2 heterocycles. The second-order valence-electron chi connectivity index (χ2n) is 9.18. The summed E-state index contributed by atoms with van der Waals surface area (Å²) in [5.74, 6) is -16.8. The number of ether oxygens (including phenoxy) is 2. The minimum atomic E-state index is -5.75. The number of hydrogen-bond acceptors (Lipinski definition) is 4. The quantitative estimate of drug-likeness (QED) is 0.226. The van der Waals surface area contributed by atoms with Crippen LogP contribution in [0.25, 0.3) is 33.8 Å². The molecule has 0 atom stereocenters. The summed E-state index contributed by atoms with van der Waals surface area (Å²) in [6, 6.07) is 15.2. The Kier molecular flexibility index (Phi) is 6.12. The summed E-state index contributed by atoms with van der Waals surface area (Å²) >= 11 is 0. The summed E-state index contributed by atoms with van der Waals surface area (Å²) in [4.78, 5) is 0. The molecule has 2 aromatic carbocycles. The fourth-order valence-corrected chi connectivity index (χ4v) is 4.59. The second kappa shape index (κ2) is 9.00. The molecular formula is C29H22F6O4. The second-order valence-corrected chi connectivity index (χ2v) is 9.18. The van der Waals surface area contributed by atoms with E-state index in [-0.39, 0.29) is 22.6 Å². The van der Waals surface area contributed by atoms with Gasteiger partial charge in [-0.25, -0.2) is 0 Å². The van der Waals surface area contributed by atoms with Crippen LogP contribution in [0.3, 0.4) is 0 Å². The highest BCUT2D eigenvalue weighted by Crippen LogP contribution is 2.65. The van der Waals surface area contributed by atoms with Gasteiger partial charge in [-0.05, 0) is 85.6 Å². The third-order valence-corrected chi connectivity index (χ3v) is 6.71. The molecule has 2 aromatic heterocycles. The predicted molar refractivity (Wildman–Crippen MR) is 133 cm³/mol. The monoisotopic (exact) mass is 548 g/mol. The Morgan fingerprint density at radius 3 is 1.21 bits per heavy atom. The highest BCUT2D eigenvalue weighted by Gasteiger charge is 2.81. The largest absolute Gasteiger partial charge is 0.497 e. The van der Waals surface area contributed by atoms with E-state index in [4.69, 9.17) is 18.3 Å². The summed E-state index contributed by atoms with van der Waals surface area (Å²) < 4.78 is 112. The number of benzene rings is 2. The van der Waals surface area contributed by atoms with Crippen molar-refractivity contribution < 1.29 is 44.7 Å². The molecule has 4 aromatic rings. The molecule has 0 aliphatic heterocycles. The zero-order valence-electron chi connectivity index (χ0n) is 21.2. The molecule has 10 heteroatoms. The van der Waals surface area contributed by atoms with Crippen molar-refractivity contribution in [2.75, 3.05) is 14.2 Å². The lowest BCUT2D eigenvalue weighted by Gasteiger charge is -2.25. The Balaban J connectivity index is 1.72. The van der Waals surface area contributed by atoms with Crippen LogP contribution in [0.4, 0.5) is 26.3 Å². The zero-order valence-corrected chi connectivity index (χ0v) is 21.2. The number of halogens is 6. The van der Waals surface area contributed by atoms with Crippen molar-refractivity contribution in [3.05, 3.63) is 83.3 Å². The van der Waals surface area contributed by atoms with Gasteiger partial charge < -0.3 is 18.3 Å². The molecule has 0 N–H and O–H groups in total. The van der Waals surface area contributed by atoms with Crippen molar-refractivity contribution in [3.8, 4) is 34.1 Å². The van der Waals surface area contributed by atoms with Crippen LogP contribution < -0.4 is 9.47 Å². The van der Waals surface area contributed by atoms with Crippen LogP contribution >= 0.6 is 0 Å². The molecular weight excluding hydrogens is 526 g/mol. The standard InChI is InChI=1S/C29H22F6O4/c1-15-13-21(17-5-9-19(36-3)10-6-17)38-25(15)23-24(28(32,33)29(34,35)27(23,30)31)26-16(2)14-22(39-26)18-7-11-20(37-4)12-8-18/h5-14H,1-4H3. The van der Waals surface area contributed by atoms with Gasteiger partial charge in [0.2, 0.25) is 0 Å². The lowest BCUT2D eigenvalue weighted by molar-refractivity contribution is -0.254. The van der Waals surface area contributed by atoms with Gasteiger partial charge in [0, 0.05) is 11.1 Å². The van der Waals surface area contributed by atoms with Gasteiger partial charge in [0.25, 0.3) is 0 Å². The van der Waals surface area contributed by atoms with Crippen LogP contribution in [0, 0.1) is 13.8 Å². The van der Waals surface area contributed by atoms with Gasteiger partial charge in [-0.2, -0.15) is 26.3 Å². The Morgan fingerprint density at radius 1 is 0.564 bits per heavy atom. The SMILES string of the molecule is COc1ccc(-c2cc(C)c(C3=C(c4oc(-c5ccc(OC)cc5)cc4C)C(F)(F)C(F)(F)C3(F)F)o2)cc1. The molecule has 0 spiro atoms. The van der Waals surface area contributed by atoms with E-state index in [0.717, 1.165) is 0 Å². The van der Waals surface area contributed by atoms with E-state index >= 15 is 17.6 Å². The van der Waals surface area contributed by atoms with Crippen molar-refractivity contribution in [1.29, 1.82) is 0 Å². The first-order valence-electron chi connectivity index (χ1n) is 11.7. The number of methoxy groups -OCH3 is 2. The summed E-state index contributed by atoms with van der Waals surface area (Å²) in [5, 5.41) is 0. The third kappa shape index (κ3) is 3.92. The Labute approximate surface area is 219 Å². The number of furan rings is 2. The van der Waals surface area contributed by atoms with E-state index in [1.165, 1.54) is 40.2 Å². The van der Waals surface area contributed by atoms with Crippen molar-refractivity contribution in [2.24, 2.45) is 0 Å². The molecule has 1 aliphatic rings. The fraction of sp³-hybridized carbons (Fsp3) is 0.241. The van der Waals surface area contributed by atoms with Gasteiger partial charge in [-0.3, -0.25) is 0 Å². The summed E-state index contributed by atoms with van der Waals surface area (Å²) in [6.45, 7) is 2.64. The van der Waals surface area contributed by atoms with E-state index < -0.39 is 40.4 Å². The van der Waals surface area contributed by atoms with E-state index in [1.807, 2.05) is 0 Å². The maximum absolute atomic E-state index is 15.3. The lowest BCUT2D eigenvalue weighted by Crippen LogP contribution is -2.48. The maximum Gasteiger partial charge on any atom is 0.380 e. The molecule has 0 saturated heterocycles. The molecule has 1 aliphatic carbocycles. The molecule has 0 unspecified atom stereocenters. The smallest absolute Gasteiger partial charge is 0.380 e. The molecule has 39 heavy (non-hydrogen) atoms. The molecule has 5 rings (SSSR count). The number of aryl methyl sites for hydroxylation is 2. The summed E-state index contributed by atoms with van der Waals surface area (Å²) in [5.41, 5.74) is -2.48. The summed E-state index contributed by atoms with van der Waals surface area (Å²) in [7, 11) is 2.91. The Hall–Kier alpha value is -4.08. The number of rotatable bonds is 6. The van der Waals surface area contributed by atoms with Crippen LogP contribution in [0.2, 0.25) is 0 Å². The number of hydrogen-bond donors (Lipinski definition) is 0. The molecule has 204 valence electrons. The Morgan fingerprint density at radius 2 is 0.897 bits per heavy atom. The van der Waals surface area contributed by atoms with Crippen molar-refractivity contribution in [2.45, 2.75) is 31.6 Å². The van der Waals surface area contributed by atoms with Crippen LogP contribution in [-0.4, -0.2) is 32.0 Å². The van der Waals surface area contributed by atoms with E-state index in [9.17, 15) is 8.78 Å². The van der Waals surface area contributed by atoms with E-state index in [2.05, 4.69) is 0 Å². The van der Waals surface area contributed by atoms with Crippen molar-refractivity contribution >= 4 is 11.1 Å². The average molecular weight is 548 g/mol. The zero-order chi connectivity index (χ0) is 28.3. The molecule has 4 nitrogen and oxygen atoms in total. The highest BCUT2D eigenvalue weighted by atomic mass is 19.3. The normalized spacial score (nSPS) is 17.5. The number of allylic oxidation sites excluding steroid dienone is 2. The Bertz CT molecular complexity index is 1440. The minimum Gasteiger partial charge on any atom is -0.497 e. The lowest BCUT2D eigenvalue weighted by atomic mass is 9.99. The summed E-state index contributed by atoms with van der Waals surface area (Å²) in [6.07, 6.45) is 0. The van der Waals surface area contributed by atoms with Crippen molar-refractivity contribution in [1.82, 2.24) is 0 Å². The van der Waals surface area contributed by atoms with Crippen LogP contribution in [-0.2, 0) is 0 Å². The molecule has 0 fully saturated rings. The van der Waals surface area contributed by atoms with Gasteiger partial charge in [-0.15, -0.1) is 0 Å². The molecule has 0 bridgehead atoms. The highest BCUT2D eigenvalue weighted by molar-refractivity contribution is 6.00. The third-order valence-electron chi connectivity index (χ3n) is 6.71. The molecule has 0 saturated carbocycles. The molecule has 0 radical (unpaired) electrons. The first kappa shape index (κ1) is 26.5. The average Bonchev–Trinajstić information content (AvgIpc) is 3.51. The van der Waals surface area contributed by atoms with Gasteiger partial charge in [-0.1, -0.05) is 0 Å². The first-order chi connectivity index (χ1) is 18.3. The van der Waals surface area contributed by atoms with Gasteiger partial charge in [0.15, 0.2) is 0 Å². The topological polar surface area (TPSA) is 44.7 Å². The minimum absolute atomic E-state index is 0.0268. The predicted octanol–water partition coefficient (Wildman–Crippen LogP) is 8.67. The maximum atomic E-state index is 15.3. The van der Waals surface area contributed by atoms with Crippen molar-refractivity contribution in [3.63, 3.8) is 0 Å². The molecule has 0 amide bonds. The van der Waals surface area contributed by atoms with Crippen LogP contribution in [0.1, 0.15) is 22.6 Å². The van der Waals surface area contributed by atoms with Gasteiger partial charge in [0.05, 0.1) is 25.4 Å². The van der Waals surface area contributed by atoms with Gasteiger partial charge >= 0.3 is 17.8 Å². The van der Waals surface area contributed by atoms with Crippen LogP contribution in [0.15, 0.2) is 69.5 Å². The van der Waals surface area contributed by atoms with Gasteiger partial charge in [0.1, 0.15) is 34.5 Å². The van der Waals surface area contributed by atoms with E-state index in [0.29, 0.717) is 22.6 Å². The first-order valence-corrected chi connectivity index (χ1v) is 11.7. The number of alkyl halides is 6. The van der Waals surface area contributed by atoms with Crippen LogP contribution in [0.5, 0.6) is 11.5 Å². The fourth-order valence-electron chi connectivity index (χ4n) is 4.59.